The highest BCUT2D eigenvalue weighted by Gasteiger charge is 2.07. The molecule has 1 N–H and O–H groups in total. The average molecular weight is 339 g/mol. The molecule has 0 amide bonds. The van der Waals surface area contributed by atoms with Gasteiger partial charge in [-0.2, -0.15) is 0 Å². The summed E-state index contributed by atoms with van der Waals surface area (Å²) in [5.41, 5.74) is 3.65. The largest absolute Gasteiger partial charge is 0.478 e. The van der Waals surface area contributed by atoms with Crippen LogP contribution in [0, 0.1) is 6.92 Å². The van der Waals surface area contributed by atoms with Gasteiger partial charge < -0.3 is 9.67 Å². The van der Waals surface area contributed by atoms with Crippen LogP contribution < -0.4 is 0 Å². The van der Waals surface area contributed by atoms with Crippen LogP contribution in [0.15, 0.2) is 65.8 Å². The quantitative estimate of drug-likeness (QED) is 0.689. The van der Waals surface area contributed by atoms with Gasteiger partial charge in [-0.15, -0.1) is 0 Å². The summed E-state index contributed by atoms with van der Waals surface area (Å²) in [6, 6.07) is 16.5. The first-order valence-electron chi connectivity index (χ1n) is 7.36. The van der Waals surface area contributed by atoms with E-state index in [1.165, 1.54) is 18.2 Å². The maximum Gasteiger partial charge on any atom is 0.335 e. The van der Waals surface area contributed by atoms with Gasteiger partial charge in [0.2, 0.25) is 0 Å². The number of para-hydroxylation sites is 1. The fourth-order valence-corrected chi connectivity index (χ4v) is 2.59. The molecule has 3 rings (SSSR count). The topological polar surface area (TPSA) is 54.6 Å². The Morgan fingerprint density at radius 2 is 1.92 bits per heavy atom. The van der Waals surface area contributed by atoms with E-state index in [0.717, 1.165) is 16.9 Å². The first-order valence-corrected chi connectivity index (χ1v) is 7.74. The van der Waals surface area contributed by atoms with Crippen LogP contribution in [0.2, 0.25) is 5.02 Å². The van der Waals surface area contributed by atoms with E-state index in [0.29, 0.717) is 10.7 Å². The van der Waals surface area contributed by atoms with Crippen LogP contribution in [-0.4, -0.2) is 21.9 Å². The summed E-state index contributed by atoms with van der Waals surface area (Å²) in [5.74, 6) is -1.01. The monoisotopic (exact) mass is 338 g/mol. The van der Waals surface area contributed by atoms with Gasteiger partial charge in [0.05, 0.1) is 16.3 Å². The molecular formula is C19H15ClN2O2. The molecule has 3 aromatic rings. The number of carboxylic acid groups (broad SMARTS) is 1. The number of aromatic carboxylic acids is 1. The summed E-state index contributed by atoms with van der Waals surface area (Å²) in [5, 5.41) is 9.47. The molecule has 0 atom stereocenters. The highest BCUT2D eigenvalue weighted by Crippen LogP contribution is 2.26. The predicted molar refractivity (Wildman–Crippen MR) is 96.2 cm³/mol. The highest BCUT2D eigenvalue weighted by molar-refractivity contribution is 6.33. The van der Waals surface area contributed by atoms with E-state index in [1.807, 2.05) is 49.5 Å². The van der Waals surface area contributed by atoms with Crippen molar-refractivity contribution in [3.05, 3.63) is 82.6 Å². The fourth-order valence-electron chi connectivity index (χ4n) is 2.42. The van der Waals surface area contributed by atoms with Crippen LogP contribution in [0.5, 0.6) is 0 Å². The van der Waals surface area contributed by atoms with Crippen molar-refractivity contribution in [3.8, 4) is 5.69 Å². The zero-order valence-electron chi connectivity index (χ0n) is 13.0. The zero-order valence-corrected chi connectivity index (χ0v) is 13.7. The molecule has 0 aliphatic rings. The molecule has 0 aliphatic carbocycles. The molecule has 0 radical (unpaired) electrons. The summed E-state index contributed by atoms with van der Waals surface area (Å²) >= 11 is 6.09. The van der Waals surface area contributed by atoms with Gasteiger partial charge in [-0.1, -0.05) is 29.8 Å². The fraction of sp³-hybridized carbons (Fsp3) is 0.0526. The first kappa shape index (κ1) is 16.0. The Morgan fingerprint density at radius 1 is 1.17 bits per heavy atom. The number of hydrogen-bond acceptors (Lipinski definition) is 2. The molecule has 0 spiro atoms. The molecule has 0 bridgehead atoms. The number of aliphatic imine (C=N–C) groups is 1. The van der Waals surface area contributed by atoms with Crippen molar-refractivity contribution >= 4 is 29.5 Å². The number of hydrogen-bond donors (Lipinski definition) is 1. The average Bonchev–Trinajstić information content (AvgIpc) is 2.95. The molecule has 5 heteroatoms. The van der Waals surface area contributed by atoms with Crippen LogP contribution in [0.4, 0.5) is 5.69 Å². The van der Waals surface area contributed by atoms with Crippen LogP contribution in [0.3, 0.4) is 0 Å². The van der Waals surface area contributed by atoms with Gasteiger partial charge >= 0.3 is 5.97 Å². The van der Waals surface area contributed by atoms with Gasteiger partial charge in [-0.25, -0.2) is 4.79 Å². The molecule has 2 aromatic carbocycles. The minimum atomic E-state index is -1.01. The Hall–Kier alpha value is -2.85. The molecule has 120 valence electrons. The Bertz CT molecular complexity index is 914. The van der Waals surface area contributed by atoms with E-state index in [2.05, 4.69) is 9.56 Å². The Balaban J connectivity index is 1.91. The van der Waals surface area contributed by atoms with Gasteiger partial charge in [0.15, 0.2) is 0 Å². The van der Waals surface area contributed by atoms with E-state index in [9.17, 15) is 4.79 Å². The summed E-state index contributed by atoms with van der Waals surface area (Å²) in [7, 11) is 0. The molecule has 1 aromatic heterocycles. The number of nitrogens with zero attached hydrogens (tertiary/aromatic N) is 2. The maximum absolute atomic E-state index is 11.0. The summed E-state index contributed by atoms with van der Waals surface area (Å²) in [6.07, 6.45) is 3.66. The van der Waals surface area contributed by atoms with Gasteiger partial charge in [-0.3, -0.25) is 4.99 Å². The number of aryl methyl sites for hydroxylation is 1. The third-order valence-electron chi connectivity index (χ3n) is 3.61. The second-order valence-corrected chi connectivity index (χ2v) is 5.76. The molecule has 4 nitrogen and oxygen atoms in total. The van der Waals surface area contributed by atoms with Crippen LogP contribution >= 0.6 is 11.6 Å². The number of aromatic nitrogens is 1. The molecule has 24 heavy (non-hydrogen) atoms. The van der Waals surface area contributed by atoms with Crippen LogP contribution in [-0.2, 0) is 0 Å². The Morgan fingerprint density at radius 3 is 2.62 bits per heavy atom. The SMILES string of the molecule is Cc1cc(C=Nc2cc(C(=O)O)ccc2Cl)cn1-c1ccccc1. The highest BCUT2D eigenvalue weighted by atomic mass is 35.5. The van der Waals surface area contributed by atoms with Crippen molar-refractivity contribution in [2.24, 2.45) is 4.99 Å². The van der Waals surface area contributed by atoms with E-state index < -0.39 is 5.97 Å². The lowest BCUT2D eigenvalue weighted by atomic mass is 10.2. The Kier molecular flexibility index (Phi) is 4.49. The summed E-state index contributed by atoms with van der Waals surface area (Å²) in [4.78, 5) is 15.4. The third kappa shape index (κ3) is 3.39. The number of rotatable bonds is 4. The normalized spacial score (nSPS) is 11.1. The molecule has 1 heterocycles. The molecule has 0 saturated heterocycles. The van der Waals surface area contributed by atoms with E-state index in [-0.39, 0.29) is 5.56 Å². The van der Waals surface area contributed by atoms with Gasteiger partial charge in [0, 0.05) is 29.4 Å². The lowest BCUT2D eigenvalue weighted by Crippen LogP contribution is -1.95. The van der Waals surface area contributed by atoms with Crippen molar-refractivity contribution in [1.29, 1.82) is 0 Å². The molecule has 0 aliphatic heterocycles. The molecule has 0 saturated carbocycles. The van der Waals surface area contributed by atoms with E-state index in [1.54, 1.807) is 6.21 Å². The maximum atomic E-state index is 11.0. The first-order chi connectivity index (χ1) is 11.5. The van der Waals surface area contributed by atoms with Crippen molar-refractivity contribution in [3.63, 3.8) is 0 Å². The van der Waals surface area contributed by atoms with Crippen LogP contribution in [0.25, 0.3) is 5.69 Å². The molecular weight excluding hydrogens is 324 g/mol. The van der Waals surface area contributed by atoms with Crippen molar-refractivity contribution < 1.29 is 9.90 Å². The number of benzene rings is 2. The number of halogens is 1. The summed E-state index contributed by atoms with van der Waals surface area (Å²) in [6.45, 7) is 2.02. The van der Waals surface area contributed by atoms with E-state index >= 15 is 0 Å². The smallest absolute Gasteiger partial charge is 0.335 e. The second kappa shape index (κ2) is 6.72. The molecule has 0 fully saturated rings. The summed E-state index contributed by atoms with van der Waals surface area (Å²) < 4.78 is 2.07. The Labute approximate surface area is 144 Å². The minimum Gasteiger partial charge on any atom is -0.478 e. The van der Waals surface area contributed by atoms with Crippen molar-refractivity contribution in [2.75, 3.05) is 0 Å². The minimum absolute atomic E-state index is 0.157. The van der Waals surface area contributed by atoms with Crippen molar-refractivity contribution in [2.45, 2.75) is 6.92 Å². The van der Waals surface area contributed by atoms with Gasteiger partial charge in [-0.05, 0) is 43.3 Å². The number of carbonyl (C=O) groups is 1. The predicted octanol–water partition coefficient (Wildman–Crippen LogP) is 4.89. The molecule has 0 unspecified atom stereocenters. The van der Waals surface area contributed by atoms with Crippen LogP contribution in [0.1, 0.15) is 21.6 Å². The van der Waals surface area contributed by atoms with Crippen molar-refractivity contribution in [1.82, 2.24) is 4.57 Å². The standard InChI is InChI=1S/C19H15ClN2O2/c1-13-9-14(12-22(13)16-5-3-2-4-6-16)11-21-18-10-15(19(23)24)7-8-17(18)20/h2-12H,1H3,(H,23,24). The lowest BCUT2D eigenvalue weighted by Gasteiger charge is -2.04. The third-order valence-corrected chi connectivity index (χ3v) is 3.93. The second-order valence-electron chi connectivity index (χ2n) is 5.35. The lowest BCUT2D eigenvalue weighted by molar-refractivity contribution is 0.0697. The van der Waals surface area contributed by atoms with E-state index in [4.69, 9.17) is 16.7 Å². The number of carboxylic acids is 1. The zero-order chi connectivity index (χ0) is 17.1. The van der Waals surface area contributed by atoms with Gasteiger partial charge in [0.1, 0.15) is 0 Å². The van der Waals surface area contributed by atoms with Gasteiger partial charge in [0.25, 0.3) is 0 Å².